The van der Waals surface area contributed by atoms with Gasteiger partial charge in [0.15, 0.2) is 0 Å². The molecule has 1 fully saturated rings. The molecule has 104 valence electrons. The van der Waals surface area contributed by atoms with Crippen molar-refractivity contribution in [2.24, 2.45) is 5.10 Å². The molecule has 1 saturated heterocycles. The van der Waals surface area contributed by atoms with Gasteiger partial charge in [0.1, 0.15) is 12.7 Å². The molecule has 0 unspecified atom stereocenters. The van der Waals surface area contributed by atoms with Crippen molar-refractivity contribution in [3.05, 3.63) is 42.0 Å². The SMILES string of the molecule is Cc1cc(N2CCOCC2)ccc1/C=N\n1cnnc1. The Kier molecular flexibility index (Phi) is 3.73. The number of aromatic nitrogens is 3. The van der Waals surface area contributed by atoms with Crippen molar-refractivity contribution >= 4 is 11.9 Å². The quantitative estimate of drug-likeness (QED) is 0.790. The lowest BCUT2D eigenvalue weighted by molar-refractivity contribution is 0.122. The average molecular weight is 271 g/mol. The first kappa shape index (κ1) is 12.8. The van der Waals surface area contributed by atoms with Crippen LogP contribution in [0.2, 0.25) is 0 Å². The molecule has 2 heterocycles. The maximum atomic E-state index is 5.38. The highest BCUT2D eigenvalue weighted by molar-refractivity contribution is 5.82. The fourth-order valence-corrected chi connectivity index (χ4v) is 2.21. The molecule has 1 aliphatic heterocycles. The van der Waals surface area contributed by atoms with Crippen LogP contribution in [0.3, 0.4) is 0 Å². The fraction of sp³-hybridized carbons (Fsp3) is 0.357. The highest BCUT2D eigenvalue weighted by Gasteiger charge is 2.11. The number of hydrogen-bond donors (Lipinski definition) is 0. The third kappa shape index (κ3) is 2.85. The summed E-state index contributed by atoms with van der Waals surface area (Å²) >= 11 is 0. The molecule has 0 amide bonds. The second-order valence-electron chi connectivity index (χ2n) is 4.73. The van der Waals surface area contributed by atoms with Crippen LogP contribution < -0.4 is 4.90 Å². The molecule has 6 nitrogen and oxygen atoms in total. The van der Waals surface area contributed by atoms with Gasteiger partial charge in [0.2, 0.25) is 0 Å². The number of hydrogen-bond acceptors (Lipinski definition) is 5. The minimum atomic E-state index is 0.801. The van der Waals surface area contributed by atoms with E-state index in [1.54, 1.807) is 17.3 Å². The molecule has 3 rings (SSSR count). The second-order valence-corrected chi connectivity index (χ2v) is 4.73. The van der Waals surface area contributed by atoms with E-state index in [-0.39, 0.29) is 0 Å². The van der Waals surface area contributed by atoms with Crippen LogP contribution in [-0.4, -0.2) is 47.4 Å². The Labute approximate surface area is 117 Å². The second kappa shape index (κ2) is 5.83. The van der Waals surface area contributed by atoms with E-state index in [0.717, 1.165) is 31.9 Å². The summed E-state index contributed by atoms with van der Waals surface area (Å²) in [4.78, 5) is 2.34. The standard InChI is InChI=1S/C14H17N5O/c1-12-8-14(18-4-6-20-7-5-18)3-2-13(12)9-17-19-10-15-16-11-19/h2-3,8-11H,4-7H2,1H3/b17-9-. The summed E-state index contributed by atoms with van der Waals surface area (Å²) in [6.45, 7) is 5.60. The molecule has 0 radical (unpaired) electrons. The van der Waals surface area contributed by atoms with Gasteiger partial charge in [-0.25, -0.2) is 4.68 Å². The van der Waals surface area contributed by atoms with Crippen LogP contribution >= 0.6 is 0 Å². The van der Waals surface area contributed by atoms with Gasteiger partial charge in [-0.05, 0) is 30.2 Å². The molecular formula is C14H17N5O. The van der Waals surface area contributed by atoms with Gasteiger partial charge < -0.3 is 9.64 Å². The Balaban J connectivity index is 1.77. The molecule has 0 saturated carbocycles. The average Bonchev–Trinajstić information content (AvgIpc) is 3.00. The van der Waals surface area contributed by atoms with E-state index in [4.69, 9.17) is 4.74 Å². The third-order valence-electron chi connectivity index (χ3n) is 3.37. The third-order valence-corrected chi connectivity index (χ3v) is 3.37. The summed E-state index contributed by atoms with van der Waals surface area (Å²) < 4.78 is 6.96. The van der Waals surface area contributed by atoms with Gasteiger partial charge in [0.25, 0.3) is 0 Å². The molecule has 0 N–H and O–H groups in total. The zero-order valence-electron chi connectivity index (χ0n) is 11.4. The fourth-order valence-electron chi connectivity index (χ4n) is 2.21. The zero-order chi connectivity index (χ0) is 13.8. The number of rotatable bonds is 3. The van der Waals surface area contributed by atoms with Gasteiger partial charge in [-0.1, -0.05) is 6.07 Å². The van der Waals surface area contributed by atoms with Gasteiger partial charge in [0.05, 0.1) is 19.4 Å². The molecule has 1 aromatic carbocycles. The van der Waals surface area contributed by atoms with E-state index < -0.39 is 0 Å². The van der Waals surface area contributed by atoms with Crippen LogP contribution in [0, 0.1) is 6.92 Å². The van der Waals surface area contributed by atoms with Crippen LogP contribution in [0.5, 0.6) is 0 Å². The Hall–Kier alpha value is -2.21. The van der Waals surface area contributed by atoms with E-state index in [1.807, 2.05) is 6.21 Å². The van der Waals surface area contributed by atoms with Crippen LogP contribution in [0.15, 0.2) is 36.0 Å². The highest BCUT2D eigenvalue weighted by Crippen LogP contribution is 2.19. The summed E-state index contributed by atoms with van der Waals surface area (Å²) in [6, 6.07) is 6.42. The van der Waals surface area contributed by atoms with Crippen LogP contribution in [0.25, 0.3) is 0 Å². The van der Waals surface area contributed by atoms with Crippen molar-refractivity contribution in [2.45, 2.75) is 6.92 Å². The highest BCUT2D eigenvalue weighted by atomic mass is 16.5. The van der Waals surface area contributed by atoms with Gasteiger partial charge in [-0.2, -0.15) is 5.10 Å². The molecule has 20 heavy (non-hydrogen) atoms. The van der Waals surface area contributed by atoms with Crippen molar-refractivity contribution in [2.75, 3.05) is 31.2 Å². The van der Waals surface area contributed by atoms with E-state index in [9.17, 15) is 0 Å². The molecule has 0 spiro atoms. The van der Waals surface area contributed by atoms with Crippen LogP contribution in [0.4, 0.5) is 5.69 Å². The minimum Gasteiger partial charge on any atom is -0.378 e. The van der Waals surface area contributed by atoms with Crippen molar-refractivity contribution < 1.29 is 4.74 Å². The number of benzene rings is 1. The van der Waals surface area contributed by atoms with Gasteiger partial charge >= 0.3 is 0 Å². The summed E-state index contributed by atoms with van der Waals surface area (Å²) in [7, 11) is 0. The minimum absolute atomic E-state index is 0.801. The zero-order valence-corrected chi connectivity index (χ0v) is 11.4. The Morgan fingerprint density at radius 3 is 2.65 bits per heavy atom. The van der Waals surface area contributed by atoms with Crippen molar-refractivity contribution in [3.63, 3.8) is 0 Å². The number of nitrogens with zero attached hydrogens (tertiary/aromatic N) is 5. The number of aryl methyl sites for hydroxylation is 1. The lowest BCUT2D eigenvalue weighted by Gasteiger charge is -2.29. The van der Waals surface area contributed by atoms with Crippen molar-refractivity contribution in [1.82, 2.24) is 14.9 Å². The largest absolute Gasteiger partial charge is 0.378 e. The normalized spacial score (nSPS) is 15.9. The van der Waals surface area contributed by atoms with Crippen molar-refractivity contribution in [1.29, 1.82) is 0 Å². The lowest BCUT2D eigenvalue weighted by Crippen LogP contribution is -2.36. The lowest BCUT2D eigenvalue weighted by atomic mass is 10.1. The van der Waals surface area contributed by atoms with E-state index in [1.165, 1.54) is 11.3 Å². The Morgan fingerprint density at radius 2 is 1.95 bits per heavy atom. The van der Waals surface area contributed by atoms with E-state index in [0.29, 0.717) is 0 Å². The summed E-state index contributed by atoms with van der Waals surface area (Å²) in [6.07, 6.45) is 4.95. The predicted molar refractivity (Wildman–Crippen MR) is 77.2 cm³/mol. The first-order valence-electron chi connectivity index (χ1n) is 6.65. The summed E-state index contributed by atoms with van der Waals surface area (Å²) in [5.74, 6) is 0. The predicted octanol–water partition coefficient (Wildman–Crippen LogP) is 1.31. The van der Waals surface area contributed by atoms with Gasteiger partial charge in [0, 0.05) is 18.8 Å². The topological polar surface area (TPSA) is 55.5 Å². The molecule has 1 aromatic heterocycles. The molecular weight excluding hydrogens is 254 g/mol. The molecule has 0 atom stereocenters. The maximum absolute atomic E-state index is 5.38. The first-order valence-corrected chi connectivity index (χ1v) is 6.65. The van der Waals surface area contributed by atoms with Gasteiger partial charge in [-0.15, -0.1) is 10.2 Å². The molecule has 0 aliphatic carbocycles. The van der Waals surface area contributed by atoms with Gasteiger partial charge in [-0.3, -0.25) is 0 Å². The Bertz CT molecular complexity index is 588. The molecule has 1 aliphatic rings. The molecule has 6 heteroatoms. The maximum Gasteiger partial charge on any atom is 0.141 e. The van der Waals surface area contributed by atoms with Crippen LogP contribution in [0.1, 0.15) is 11.1 Å². The Morgan fingerprint density at radius 1 is 1.20 bits per heavy atom. The molecule has 0 bridgehead atoms. The van der Waals surface area contributed by atoms with Crippen molar-refractivity contribution in [3.8, 4) is 0 Å². The monoisotopic (exact) mass is 271 g/mol. The summed E-state index contributed by atoms with van der Waals surface area (Å²) in [5.41, 5.74) is 3.54. The summed E-state index contributed by atoms with van der Waals surface area (Å²) in [5, 5.41) is 11.7. The number of morpholine rings is 1. The number of ether oxygens (including phenoxy) is 1. The van der Waals surface area contributed by atoms with Crippen LogP contribution in [-0.2, 0) is 4.74 Å². The first-order chi connectivity index (χ1) is 9.83. The number of anilines is 1. The smallest absolute Gasteiger partial charge is 0.141 e. The van der Waals surface area contributed by atoms with E-state index >= 15 is 0 Å². The van der Waals surface area contributed by atoms with E-state index in [2.05, 4.69) is 45.3 Å². The molecule has 2 aromatic rings.